The van der Waals surface area contributed by atoms with Crippen LogP contribution in [0.1, 0.15) is 19.4 Å². The number of nitrogens with zero attached hydrogens (tertiary/aromatic N) is 1. The lowest BCUT2D eigenvalue weighted by molar-refractivity contribution is -0.133. The monoisotopic (exact) mass is 197 g/mol. The molecule has 0 aliphatic rings. The second kappa shape index (κ2) is 4.42. The Kier molecular flexibility index (Phi) is 3.48. The third kappa shape index (κ3) is 2.84. The van der Waals surface area contributed by atoms with Gasteiger partial charge in [0, 0.05) is 19.5 Å². The van der Waals surface area contributed by atoms with Gasteiger partial charge in [-0.25, -0.2) is 0 Å². The van der Waals surface area contributed by atoms with Crippen LogP contribution in [0.3, 0.4) is 0 Å². The second-order valence-electron chi connectivity index (χ2n) is 3.48. The van der Waals surface area contributed by atoms with Crippen molar-refractivity contribution in [1.29, 1.82) is 0 Å². The Morgan fingerprint density at radius 2 is 2.31 bits per heavy atom. The van der Waals surface area contributed by atoms with E-state index in [0.717, 1.165) is 6.54 Å². The summed E-state index contributed by atoms with van der Waals surface area (Å²) < 4.78 is 0. The van der Waals surface area contributed by atoms with Crippen LogP contribution in [0, 0.1) is 5.92 Å². The van der Waals surface area contributed by atoms with Crippen molar-refractivity contribution < 1.29 is 4.79 Å². The highest BCUT2D eigenvalue weighted by atomic mass is 32.1. The van der Waals surface area contributed by atoms with Crippen LogP contribution in [0.15, 0.2) is 16.8 Å². The van der Waals surface area contributed by atoms with E-state index >= 15 is 0 Å². The van der Waals surface area contributed by atoms with Crippen LogP contribution in [-0.2, 0) is 11.3 Å². The fraction of sp³-hybridized carbons (Fsp3) is 0.500. The van der Waals surface area contributed by atoms with Crippen molar-refractivity contribution in [3.8, 4) is 0 Å². The van der Waals surface area contributed by atoms with Gasteiger partial charge in [-0.3, -0.25) is 4.79 Å². The minimum Gasteiger partial charge on any atom is -0.341 e. The molecule has 0 N–H and O–H groups in total. The van der Waals surface area contributed by atoms with Gasteiger partial charge in [0.05, 0.1) is 0 Å². The summed E-state index contributed by atoms with van der Waals surface area (Å²) in [5, 5.41) is 4.10. The molecule has 0 aromatic carbocycles. The Balaban J connectivity index is 2.51. The minimum absolute atomic E-state index is 0.0867. The van der Waals surface area contributed by atoms with Gasteiger partial charge >= 0.3 is 0 Å². The highest BCUT2D eigenvalue weighted by molar-refractivity contribution is 7.07. The van der Waals surface area contributed by atoms with Crippen molar-refractivity contribution in [2.75, 3.05) is 7.05 Å². The summed E-state index contributed by atoms with van der Waals surface area (Å²) in [6.07, 6.45) is 0. The van der Waals surface area contributed by atoms with Crippen molar-refractivity contribution in [2.24, 2.45) is 5.92 Å². The number of rotatable bonds is 3. The first kappa shape index (κ1) is 10.3. The average Bonchev–Trinajstić information content (AvgIpc) is 2.55. The summed E-state index contributed by atoms with van der Waals surface area (Å²) in [5.41, 5.74) is 1.21. The molecule has 0 bridgehead atoms. The molecule has 1 amide bonds. The van der Waals surface area contributed by atoms with Crippen LogP contribution in [0.4, 0.5) is 0 Å². The van der Waals surface area contributed by atoms with Gasteiger partial charge in [0.15, 0.2) is 0 Å². The summed E-state index contributed by atoms with van der Waals surface area (Å²) in [4.78, 5) is 13.3. The minimum atomic E-state index is 0.0867. The predicted octanol–water partition coefficient (Wildman–Crippen LogP) is 2.36. The van der Waals surface area contributed by atoms with Gasteiger partial charge in [0.2, 0.25) is 5.91 Å². The zero-order chi connectivity index (χ0) is 9.84. The lowest BCUT2D eigenvalue weighted by Crippen LogP contribution is -2.29. The SMILES string of the molecule is CC(C)C(=O)N(C)Cc1ccsc1. The van der Waals surface area contributed by atoms with Crippen LogP contribution >= 0.6 is 11.3 Å². The molecule has 0 atom stereocenters. The van der Waals surface area contributed by atoms with E-state index in [1.165, 1.54) is 5.56 Å². The van der Waals surface area contributed by atoms with Gasteiger partial charge in [0.1, 0.15) is 0 Å². The fourth-order valence-electron chi connectivity index (χ4n) is 1.18. The van der Waals surface area contributed by atoms with Crippen LogP contribution in [-0.4, -0.2) is 17.9 Å². The highest BCUT2D eigenvalue weighted by Crippen LogP contribution is 2.10. The van der Waals surface area contributed by atoms with Crippen molar-refractivity contribution in [1.82, 2.24) is 4.90 Å². The molecule has 0 fully saturated rings. The first-order chi connectivity index (χ1) is 6.11. The average molecular weight is 197 g/mol. The van der Waals surface area contributed by atoms with Crippen molar-refractivity contribution >= 4 is 17.2 Å². The molecule has 0 saturated carbocycles. The van der Waals surface area contributed by atoms with Crippen molar-refractivity contribution in [3.05, 3.63) is 22.4 Å². The Labute approximate surface area is 83.2 Å². The van der Waals surface area contributed by atoms with Crippen LogP contribution in [0.5, 0.6) is 0 Å². The van der Waals surface area contributed by atoms with Gasteiger partial charge in [-0.1, -0.05) is 13.8 Å². The smallest absolute Gasteiger partial charge is 0.225 e. The molecule has 0 radical (unpaired) electrons. The normalized spacial score (nSPS) is 10.5. The zero-order valence-corrected chi connectivity index (χ0v) is 9.10. The Bertz CT molecular complexity index is 266. The molecule has 1 aromatic rings. The summed E-state index contributed by atoms with van der Waals surface area (Å²) in [5.74, 6) is 0.287. The third-order valence-electron chi connectivity index (χ3n) is 1.87. The lowest BCUT2D eigenvalue weighted by atomic mass is 10.2. The zero-order valence-electron chi connectivity index (χ0n) is 8.28. The molecule has 1 rings (SSSR count). The standard InChI is InChI=1S/C10H15NOS/c1-8(2)10(12)11(3)6-9-4-5-13-7-9/h4-5,7-8H,6H2,1-3H3. The summed E-state index contributed by atoms with van der Waals surface area (Å²) in [6, 6.07) is 2.05. The molecule has 3 heteroatoms. The maximum atomic E-state index is 11.5. The summed E-state index contributed by atoms with van der Waals surface area (Å²) in [7, 11) is 1.85. The molecule has 0 aliphatic heterocycles. The van der Waals surface area contributed by atoms with Crippen LogP contribution in [0.2, 0.25) is 0 Å². The Morgan fingerprint density at radius 1 is 1.62 bits per heavy atom. The highest BCUT2D eigenvalue weighted by Gasteiger charge is 2.12. The molecule has 72 valence electrons. The lowest BCUT2D eigenvalue weighted by Gasteiger charge is -2.18. The van der Waals surface area contributed by atoms with E-state index in [1.807, 2.05) is 26.3 Å². The Hall–Kier alpha value is -0.830. The molecule has 1 aromatic heterocycles. The van der Waals surface area contributed by atoms with E-state index in [9.17, 15) is 4.79 Å². The maximum Gasteiger partial charge on any atom is 0.225 e. The van der Waals surface area contributed by atoms with Gasteiger partial charge in [-0.15, -0.1) is 0 Å². The molecule has 2 nitrogen and oxygen atoms in total. The number of hydrogen-bond acceptors (Lipinski definition) is 2. The quantitative estimate of drug-likeness (QED) is 0.728. The molecule has 1 heterocycles. The number of hydrogen-bond donors (Lipinski definition) is 0. The van der Waals surface area contributed by atoms with Gasteiger partial charge in [-0.2, -0.15) is 11.3 Å². The van der Waals surface area contributed by atoms with E-state index in [4.69, 9.17) is 0 Å². The van der Waals surface area contributed by atoms with E-state index in [2.05, 4.69) is 11.4 Å². The topological polar surface area (TPSA) is 20.3 Å². The van der Waals surface area contributed by atoms with E-state index in [-0.39, 0.29) is 11.8 Å². The maximum absolute atomic E-state index is 11.5. The molecule has 0 unspecified atom stereocenters. The van der Waals surface area contributed by atoms with Gasteiger partial charge in [0.25, 0.3) is 0 Å². The predicted molar refractivity (Wildman–Crippen MR) is 55.6 cm³/mol. The molecule has 0 saturated heterocycles. The van der Waals surface area contributed by atoms with Crippen LogP contribution < -0.4 is 0 Å². The largest absolute Gasteiger partial charge is 0.341 e. The van der Waals surface area contributed by atoms with E-state index < -0.39 is 0 Å². The first-order valence-corrected chi connectivity index (χ1v) is 5.31. The van der Waals surface area contributed by atoms with Gasteiger partial charge < -0.3 is 4.90 Å². The first-order valence-electron chi connectivity index (χ1n) is 4.37. The summed E-state index contributed by atoms with van der Waals surface area (Å²) in [6.45, 7) is 4.57. The number of carbonyl (C=O) groups excluding carboxylic acids is 1. The molecule has 13 heavy (non-hydrogen) atoms. The molecule has 0 spiro atoms. The van der Waals surface area contributed by atoms with Gasteiger partial charge in [-0.05, 0) is 22.4 Å². The van der Waals surface area contributed by atoms with Crippen molar-refractivity contribution in [3.63, 3.8) is 0 Å². The Morgan fingerprint density at radius 3 is 2.77 bits per heavy atom. The molecule has 0 aliphatic carbocycles. The number of thiophene rings is 1. The molecular weight excluding hydrogens is 182 g/mol. The number of amides is 1. The molecular formula is C10H15NOS. The summed E-state index contributed by atoms with van der Waals surface area (Å²) >= 11 is 1.66. The fourth-order valence-corrected chi connectivity index (χ4v) is 1.83. The van der Waals surface area contributed by atoms with Crippen LogP contribution in [0.25, 0.3) is 0 Å². The van der Waals surface area contributed by atoms with E-state index in [0.29, 0.717) is 0 Å². The third-order valence-corrected chi connectivity index (χ3v) is 2.60. The van der Waals surface area contributed by atoms with E-state index in [1.54, 1.807) is 16.2 Å². The van der Waals surface area contributed by atoms with Crippen molar-refractivity contribution in [2.45, 2.75) is 20.4 Å². The number of carbonyl (C=O) groups is 1. The second-order valence-corrected chi connectivity index (χ2v) is 4.26.